The van der Waals surface area contributed by atoms with Gasteiger partial charge in [0.25, 0.3) is 0 Å². The van der Waals surface area contributed by atoms with E-state index in [4.69, 9.17) is 0 Å². The lowest BCUT2D eigenvalue weighted by atomic mass is 9.96. The number of anilines is 1. The Morgan fingerprint density at radius 2 is 2.18 bits per heavy atom. The summed E-state index contributed by atoms with van der Waals surface area (Å²) in [7, 11) is 4.06. The summed E-state index contributed by atoms with van der Waals surface area (Å²) in [5, 5.41) is 0. The Labute approximate surface area is 104 Å². The zero-order valence-electron chi connectivity index (χ0n) is 11.2. The van der Waals surface area contributed by atoms with Crippen molar-refractivity contribution in [3.05, 3.63) is 23.9 Å². The van der Waals surface area contributed by atoms with Gasteiger partial charge in [-0.3, -0.25) is 4.90 Å². The summed E-state index contributed by atoms with van der Waals surface area (Å²) >= 11 is 0. The highest BCUT2D eigenvalue weighted by Crippen LogP contribution is 2.30. The first-order valence-electron chi connectivity index (χ1n) is 6.59. The van der Waals surface area contributed by atoms with Crippen molar-refractivity contribution >= 4 is 5.82 Å². The molecule has 1 aromatic rings. The fourth-order valence-electron chi connectivity index (χ4n) is 2.61. The highest BCUT2D eigenvalue weighted by molar-refractivity contribution is 5.37. The zero-order valence-corrected chi connectivity index (χ0v) is 11.2. The van der Waals surface area contributed by atoms with Crippen molar-refractivity contribution in [2.45, 2.75) is 32.2 Å². The first kappa shape index (κ1) is 12.4. The number of rotatable bonds is 3. The van der Waals surface area contributed by atoms with Crippen molar-refractivity contribution in [1.29, 1.82) is 0 Å². The Hall–Kier alpha value is -1.09. The summed E-state index contributed by atoms with van der Waals surface area (Å²) in [6.45, 7) is 4.62. The van der Waals surface area contributed by atoms with Gasteiger partial charge in [0, 0.05) is 26.3 Å². The Kier molecular flexibility index (Phi) is 4.00. The molecule has 0 radical (unpaired) electrons. The molecule has 0 aromatic carbocycles. The maximum atomic E-state index is 4.52. The lowest BCUT2D eigenvalue weighted by molar-refractivity contribution is 0.157. The molecule has 1 fully saturated rings. The Morgan fingerprint density at radius 1 is 1.35 bits per heavy atom. The second kappa shape index (κ2) is 5.50. The third-order valence-electron chi connectivity index (χ3n) is 3.63. The number of pyridine rings is 1. The van der Waals surface area contributed by atoms with Crippen LogP contribution >= 0.6 is 0 Å². The van der Waals surface area contributed by atoms with Crippen LogP contribution in [-0.2, 0) is 0 Å². The summed E-state index contributed by atoms with van der Waals surface area (Å²) in [5.41, 5.74) is 1.37. The number of hydrogen-bond acceptors (Lipinski definition) is 3. The van der Waals surface area contributed by atoms with Crippen LogP contribution in [0.4, 0.5) is 5.82 Å². The van der Waals surface area contributed by atoms with Gasteiger partial charge in [0.1, 0.15) is 5.82 Å². The highest BCUT2D eigenvalue weighted by atomic mass is 15.2. The molecule has 0 unspecified atom stereocenters. The normalized spacial score (nSPS) is 21.5. The number of nitrogens with zero attached hydrogens (tertiary/aromatic N) is 3. The van der Waals surface area contributed by atoms with E-state index in [0.717, 1.165) is 12.4 Å². The molecule has 0 N–H and O–H groups in total. The molecule has 1 aliphatic heterocycles. The van der Waals surface area contributed by atoms with Gasteiger partial charge in [0.2, 0.25) is 0 Å². The van der Waals surface area contributed by atoms with E-state index in [1.807, 2.05) is 25.2 Å². The fourth-order valence-corrected chi connectivity index (χ4v) is 2.61. The van der Waals surface area contributed by atoms with Crippen molar-refractivity contribution in [3.63, 3.8) is 0 Å². The average molecular weight is 233 g/mol. The zero-order chi connectivity index (χ0) is 12.3. The minimum Gasteiger partial charge on any atom is -0.363 e. The first-order chi connectivity index (χ1) is 8.22. The molecule has 0 amide bonds. The molecule has 1 saturated heterocycles. The lowest BCUT2D eigenvalue weighted by Crippen LogP contribution is -2.33. The van der Waals surface area contributed by atoms with Crippen LogP contribution in [0.2, 0.25) is 0 Å². The van der Waals surface area contributed by atoms with Gasteiger partial charge in [-0.2, -0.15) is 0 Å². The summed E-state index contributed by atoms with van der Waals surface area (Å²) in [6, 6.07) is 4.94. The van der Waals surface area contributed by atoms with Crippen LogP contribution in [0.3, 0.4) is 0 Å². The third-order valence-corrected chi connectivity index (χ3v) is 3.63. The second-order valence-corrected chi connectivity index (χ2v) is 4.98. The van der Waals surface area contributed by atoms with E-state index in [2.05, 4.69) is 28.9 Å². The van der Waals surface area contributed by atoms with Gasteiger partial charge in [-0.25, -0.2) is 4.98 Å². The monoisotopic (exact) mass is 233 g/mol. The molecule has 2 rings (SSSR count). The minimum atomic E-state index is 0.581. The average Bonchev–Trinajstić information content (AvgIpc) is 2.39. The molecule has 0 spiro atoms. The summed E-state index contributed by atoms with van der Waals surface area (Å²) in [6.07, 6.45) is 6.01. The Bertz CT molecular complexity index is 345. The van der Waals surface area contributed by atoms with Crippen LogP contribution in [0.15, 0.2) is 18.3 Å². The smallest absolute Gasteiger partial charge is 0.127 e. The SMILES string of the molecule is CCN1CCCC[C@@H]1c1ccc(N(C)C)nc1. The molecule has 94 valence electrons. The largest absolute Gasteiger partial charge is 0.363 e. The number of hydrogen-bond donors (Lipinski definition) is 0. The van der Waals surface area contributed by atoms with Crippen molar-refractivity contribution in [1.82, 2.24) is 9.88 Å². The molecule has 1 atom stereocenters. The summed E-state index contributed by atoms with van der Waals surface area (Å²) in [5.74, 6) is 1.03. The molecular weight excluding hydrogens is 210 g/mol. The number of piperidine rings is 1. The van der Waals surface area contributed by atoms with E-state index in [1.54, 1.807) is 0 Å². The van der Waals surface area contributed by atoms with Gasteiger partial charge < -0.3 is 4.90 Å². The molecule has 3 nitrogen and oxygen atoms in total. The van der Waals surface area contributed by atoms with Gasteiger partial charge >= 0.3 is 0 Å². The molecule has 0 saturated carbocycles. The van der Waals surface area contributed by atoms with Crippen molar-refractivity contribution in [3.8, 4) is 0 Å². The van der Waals surface area contributed by atoms with Gasteiger partial charge in [-0.15, -0.1) is 0 Å². The number of aromatic nitrogens is 1. The minimum absolute atomic E-state index is 0.581. The van der Waals surface area contributed by atoms with Crippen molar-refractivity contribution in [2.24, 2.45) is 0 Å². The molecule has 17 heavy (non-hydrogen) atoms. The molecule has 1 aliphatic rings. The van der Waals surface area contributed by atoms with Gasteiger partial charge in [0.05, 0.1) is 0 Å². The Balaban J connectivity index is 2.15. The van der Waals surface area contributed by atoms with Gasteiger partial charge in [0.15, 0.2) is 0 Å². The van der Waals surface area contributed by atoms with E-state index in [9.17, 15) is 0 Å². The predicted octanol–water partition coefficient (Wildman–Crippen LogP) is 2.69. The standard InChI is InChI=1S/C14H23N3/c1-4-17-10-6-5-7-13(17)12-8-9-14(15-11-12)16(2)3/h8-9,11,13H,4-7,10H2,1-3H3/t13-/m1/s1. The van der Waals surface area contributed by atoms with Crippen LogP contribution in [0.5, 0.6) is 0 Å². The second-order valence-electron chi connectivity index (χ2n) is 4.98. The van der Waals surface area contributed by atoms with Crippen LogP contribution < -0.4 is 4.90 Å². The van der Waals surface area contributed by atoms with Gasteiger partial charge in [-0.1, -0.05) is 19.4 Å². The molecule has 3 heteroatoms. The van der Waals surface area contributed by atoms with Crippen LogP contribution in [0.1, 0.15) is 37.8 Å². The third kappa shape index (κ3) is 2.78. The highest BCUT2D eigenvalue weighted by Gasteiger charge is 2.22. The van der Waals surface area contributed by atoms with E-state index in [0.29, 0.717) is 6.04 Å². The van der Waals surface area contributed by atoms with E-state index in [-0.39, 0.29) is 0 Å². The lowest BCUT2D eigenvalue weighted by Gasteiger charge is -2.35. The topological polar surface area (TPSA) is 19.4 Å². The van der Waals surface area contributed by atoms with Crippen molar-refractivity contribution in [2.75, 3.05) is 32.1 Å². The summed E-state index contributed by atoms with van der Waals surface area (Å²) < 4.78 is 0. The van der Waals surface area contributed by atoms with Gasteiger partial charge in [-0.05, 0) is 37.6 Å². The van der Waals surface area contributed by atoms with Crippen LogP contribution in [0.25, 0.3) is 0 Å². The summed E-state index contributed by atoms with van der Waals surface area (Å²) in [4.78, 5) is 9.13. The van der Waals surface area contributed by atoms with E-state index in [1.165, 1.54) is 31.4 Å². The molecule has 2 heterocycles. The molecule has 1 aromatic heterocycles. The van der Waals surface area contributed by atoms with Crippen molar-refractivity contribution < 1.29 is 0 Å². The maximum absolute atomic E-state index is 4.52. The van der Waals surface area contributed by atoms with Crippen LogP contribution in [0, 0.1) is 0 Å². The van der Waals surface area contributed by atoms with E-state index >= 15 is 0 Å². The maximum Gasteiger partial charge on any atom is 0.127 e. The van der Waals surface area contributed by atoms with Crippen LogP contribution in [-0.4, -0.2) is 37.1 Å². The first-order valence-corrected chi connectivity index (χ1v) is 6.59. The molecule has 0 aliphatic carbocycles. The van der Waals surface area contributed by atoms with E-state index < -0.39 is 0 Å². The predicted molar refractivity (Wildman–Crippen MR) is 72.4 cm³/mol. The quantitative estimate of drug-likeness (QED) is 0.800. The molecular formula is C14H23N3. The fraction of sp³-hybridized carbons (Fsp3) is 0.643. The number of likely N-dealkylation sites (tertiary alicyclic amines) is 1. The Morgan fingerprint density at radius 3 is 2.76 bits per heavy atom. The molecule has 0 bridgehead atoms.